The Morgan fingerprint density at radius 3 is 2.58 bits per heavy atom. The Kier molecular flexibility index (Phi) is 4.99. The smallest absolute Gasteiger partial charge is 0.133 e. The lowest BCUT2D eigenvalue weighted by Gasteiger charge is -2.24. The second-order valence-electron chi connectivity index (χ2n) is 8.64. The van der Waals surface area contributed by atoms with Crippen molar-refractivity contribution < 1.29 is 9.50 Å². The number of anilines is 1. The third kappa shape index (κ3) is 3.47. The van der Waals surface area contributed by atoms with Gasteiger partial charge in [0.15, 0.2) is 0 Å². The van der Waals surface area contributed by atoms with Crippen LogP contribution in [0.25, 0.3) is 11.1 Å². The number of aliphatic hydroxyl groups is 1. The maximum atomic E-state index is 14.8. The highest BCUT2D eigenvalue weighted by molar-refractivity contribution is 5.69. The number of aromatic nitrogens is 2. The molecule has 0 spiro atoms. The molecule has 5 rings (SSSR count). The molecule has 0 bridgehead atoms. The number of rotatable bonds is 4. The summed E-state index contributed by atoms with van der Waals surface area (Å²) in [6, 6.07) is 22.1. The predicted octanol–water partition coefficient (Wildman–Crippen LogP) is 4.86. The van der Waals surface area contributed by atoms with Crippen LogP contribution in [0.5, 0.6) is 0 Å². The minimum absolute atomic E-state index is 0.268. The van der Waals surface area contributed by atoms with Gasteiger partial charge in [0.2, 0.25) is 0 Å². The Morgan fingerprint density at radius 2 is 1.88 bits per heavy atom. The Morgan fingerprint density at radius 1 is 1.09 bits per heavy atom. The zero-order chi connectivity index (χ0) is 23.2. The maximum absolute atomic E-state index is 14.8. The van der Waals surface area contributed by atoms with Gasteiger partial charge in [0.1, 0.15) is 11.4 Å². The summed E-state index contributed by atoms with van der Waals surface area (Å²) in [4.78, 5) is 6.28. The standard InChI is InChI=1S/C27H23FN4O/c1-31(2)22-5-3-4-20(13-22)19-7-9-21(10-8-19)27(33)14-25(32-17-30-16-26(27)32)23-11-6-18(15-29)12-24(23)28/h3-13,16-17,25,33H,14H2,1-2H3. The number of nitriles is 1. The number of fused-ring (bicyclic) bond motifs is 1. The fourth-order valence-electron chi connectivity index (χ4n) is 4.65. The predicted molar refractivity (Wildman–Crippen MR) is 125 cm³/mol. The molecule has 0 saturated carbocycles. The molecule has 2 atom stereocenters. The second-order valence-corrected chi connectivity index (χ2v) is 8.64. The van der Waals surface area contributed by atoms with Gasteiger partial charge in [-0.1, -0.05) is 42.5 Å². The van der Waals surface area contributed by atoms with Crippen LogP contribution in [0.4, 0.5) is 10.1 Å². The van der Waals surface area contributed by atoms with Crippen LogP contribution in [0.2, 0.25) is 0 Å². The molecule has 3 aromatic carbocycles. The third-order valence-electron chi connectivity index (χ3n) is 6.46. The first-order valence-electron chi connectivity index (χ1n) is 10.7. The summed E-state index contributed by atoms with van der Waals surface area (Å²) < 4.78 is 16.6. The van der Waals surface area contributed by atoms with Crippen molar-refractivity contribution in [2.75, 3.05) is 19.0 Å². The first-order valence-corrected chi connectivity index (χ1v) is 10.7. The van der Waals surface area contributed by atoms with E-state index in [1.807, 2.05) is 55.1 Å². The van der Waals surface area contributed by atoms with Crippen molar-refractivity contribution in [1.29, 1.82) is 5.26 Å². The molecule has 1 aliphatic heterocycles. The van der Waals surface area contributed by atoms with Crippen LogP contribution < -0.4 is 4.90 Å². The van der Waals surface area contributed by atoms with E-state index in [4.69, 9.17) is 5.26 Å². The number of benzene rings is 3. The van der Waals surface area contributed by atoms with Crippen molar-refractivity contribution in [2.24, 2.45) is 0 Å². The summed E-state index contributed by atoms with van der Waals surface area (Å²) in [7, 11) is 4.02. The Balaban J connectivity index is 1.50. The first kappa shape index (κ1) is 20.9. The monoisotopic (exact) mass is 438 g/mol. The summed E-state index contributed by atoms with van der Waals surface area (Å²) in [5.41, 5.74) is 4.01. The van der Waals surface area contributed by atoms with E-state index in [-0.39, 0.29) is 12.0 Å². The SMILES string of the molecule is CN(C)c1cccc(-c2ccc(C3(O)CC(c4ccc(C#N)cc4F)n4cncc43)cc2)c1. The van der Waals surface area contributed by atoms with Crippen LogP contribution in [0.15, 0.2) is 79.3 Å². The van der Waals surface area contributed by atoms with Gasteiger partial charge in [-0.3, -0.25) is 0 Å². The number of halogens is 1. The van der Waals surface area contributed by atoms with Gasteiger partial charge < -0.3 is 14.6 Å². The number of imidazole rings is 1. The lowest BCUT2D eigenvalue weighted by Crippen LogP contribution is -2.24. The van der Waals surface area contributed by atoms with E-state index in [1.165, 1.54) is 6.07 Å². The average molecular weight is 439 g/mol. The summed E-state index contributed by atoms with van der Waals surface area (Å²) in [6.45, 7) is 0. The number of hydrogen-bond donors (Lipinski definition) is 1. The second kappa shape index (κ2) is 7.88. The Hall–Kier alpha value is -3.95. The van der Waals surface area contributed by atoms with Gasteiger partial charge in [-0.25, -0.2) is 9.37 Å². The molecular weight excluding hydrogens is 415 g/mol. The molecule has 2 heterocycles. The highest BCUT2D eigenvalue weighted by atomic mass is 19.1. The van der Waals surface area contributed by atoms with E-state index in [0.717, 1.165) is 22.4 Å². The van der Waals surface area contributed by atoms with Gasteiger partial charge in [0.25, 0.3) is 0 Å². The minimum Gasteiger partial charge on any atom is -0.379 e. The summed E-state index contributed by atoms with van der Waals surface area (Å²) in [6.07, 6.45) is 3.54. The van der Waals surface area contributed by atoms with E-state index in [1.54, 1.807) is 24.7 Å². The molecule has 0 radical (unpaired) electrons. The molecule has 33 heavy (non-hydrogen) atoms. The molecule has 0 fully saturated rings. The van der Waals surface area contributed by atoms with E-state index >= 15 is 0 Å². The van der Waals surface area contributed by atoms with Crippen LogP contribution in [0.3, 0.4) is 0 Å². The molecule has 0 aliphatic carbocycles. The largest absolute Gasteiger partial charge is 0.379 e. The maximum Gasteiger partial charge on any atom is 0.133 e. The van der Waals surface area contributed by atoms with Crippen LogP contribution in [-0.4, -0.2) is 28.8 Å². The average Bonchev–Trinajstić information content (AvgIpc) is 3.43. The quantitative estimate of drug-likeness (QED) is 0.494. The van der Waals surface area contributed by atoms with Crippen molar-refractivity contribution in [2.45, 2.75) is 18.1 Å². The lowest BCUT2D eigenvalue weighted by atomic mass is 9.86. The zero-order valence-corrected chi connectivity index (χ0v) is 18.4. The van der Waals surface area contributed by atoms with Gasteiger partial charge in [0, 0.05) is 31.8 Å². The summed E-state index contributed by atoms with van der Waals surface area (Å²) >= 11 is 0. The Labute approximate surface area is 192 Å². The van der Waals surface area contributed by atoms with Gasteiger partial charge in [-0.2, -0.15) is 5.26 Å². The van der Waals surface area contributed by atoms with Gasteiger partial charge in [0.05, 0.1) is 35.9 Å². The van der Waals surface area contributed by atoms with Crippen molar-refractivity contribution in [3.63, 3.8) is 0 Å². The van der Waals surface area contributed by atoms with Gasteiger partial charge in [-0.05, 0) is 41.0 Å². The minimum atomic E-state index is -1.30. The molecule has 5 nitrogen and oxygen atoms in total. The molecule has 6 heteroatoms. The molecule has 164 valence electrons. The first-order chi connectivity index (χ1) is 15.9. The number of nitrogens with zero attached hydrogens (tertiary/aromatic N) is 4. The van der Waals surface area contributed by atoms with Gasteiger partial charge >= 0.3 is 0 Å². The topological polar surface area (TPSA) is 65.1 Å². The van der Waals surface area contributed by atoms with Crippen molar-refractivity contribution in [3.05, 3.63) is 107 Å². The molecule has 2 unspecified atom stereocenters. The molecule has 0 amide bonds. The van der Waals surface area contributed by atoms with Crippen molar-refractivity contribution in [1.82, 2.24) is 9.55 Å². The third-order valence-corrected chi connectivity index (χ3v) is 6.46. The van der Waals surface area contributed by atoms with E-state index in [0.29, 0.717) is 11.3 Å². The van der Waals surface area contributed by atoms with Crippen molar-refractivity contribution in [3.8, 4) is 17.2 Å². The van der Waals surface area contributed by atoms with Gasteiger partial charge in [-0.15, -0.1) is 0 Å². The molecular formula is C27H23FN4O. The summed E-state index contributed by atoms with van der Waals surface area (Å²) in [5.74, 6) is -0.459. The normalized spacial score (nSPS) is 19.2. The number of hydrogen-bond acceptors (Lipinski definition) is 4. The fraction of sp³-hybridized carbons (Fsp3) is 0.185. The Bertz CT molecular complexity index is 1370. The van der Waals surface area contributed by atoms with Crippen LogP contribution >= 0.6 is 0 Å². The summed E-state index contributed by atoms with van der Waals surface area (Å²) in [5, 5.41) is 20.8. The molecule has 4 aromatic rings. The molecule has 1 aromatic heterocycles. The fourth-order valence-corrected chi connectivity index (χ4v) is 4.65. The molecule has 1 aliphatic rings. The lowest BCUT2D eigenvalue weighted by molar-refractivity contribution is 0.0792. The molecule has 1 N–H and O–H groups in total. The highest BCUT2D eigenvalue weighted by Crippen LogP contribution is 2.47. The van der Waals surface area contributed by atoms with Crippen LogP contribution in [0, 0.1) is 17.1 Å². The van der Waals surface area contributed by atoms with E-state index in [9.17, 15) is 9.50 Å². The zero-order valence-electron chi connectivity index (χ0n) is 18.4. The van der Waals surface area contributed by atoms with E-state index in [2.05, 4.69) is 28.1 Å². The van der Waals surface area contributed by atoms with Crippen molar-refractivity contribution >= 4 is 5.69 Å². The van der Waals surface area contributed by atoms with Crippen LogP contribution in [0.1, 0.15) is 34.8 Å². The highest BCUT2D eigenvalue weighted by Gasteiger charge is 2.45. The molecule has 0 saturated heterocycles. The van der Waals surface area contributed by atoms with E-state index < -0.39 is 17.5 Å². The van der Waals surface area contributed by atoms with Crippen LogP contribution in [-0.2, 0) is 5.60 Å².